The summed E-state index contributed by atoms with van der Waals surface area (Å²) < 4.78 is 2.42. The Morgan fingerprint density at radius 1 is 1.56 bits per heavy atom. The lowest BCUT2D eigenvalue weighted by atomic mass is 10.1. The van der Waals surface area contributed by atoms with Gasteiger partial charge in [0.15, 0.2) is 5.84 Å². The summed E-state index contributed by atoms with van der Waals surface area (Å²) in [6.07, 6.45) is 1.67. The van der Waals surface area contributed by atoms with E-state index >= 15 is 0 Å². The van der Waals surface area contributed by atoms with E-state index in [0.717, 1.165) is 4.47 Å². The molecule has 0 fully saturated rings. The lowest BCUT2D eigenvalue weighted by molar-refractivity contribution is 0.318. The molecule has 0 spiro atoms. The summed E-state index contributed by atoms with van der Waals surface area (Å²) in [5.41, 5.74) is 7.61. The summed E-state index contributed by atoms with van der Waals surface area (Å²) in [6, 6.07) is 5.39. The smallest absolute Gasteiger partial charge is 0.172 e. The third kappa shape index (κ3) is 2.34. The molecule has 1 aromatic carbocycles. The molecule has 0 unspecified atom stereocenters. The van der Waals surface area contributed by atoms with Crippen molar-refractivity contribution in [1.82, 2.24) is 9.78 Å². The largest absolute Gasteiger partial charge is 0.409 e. The van der Waals surface area contributed by atoms with Crippen molar-refractivity contribution in [2.75, 3.05) is 0 Å². The summed E-state index contributed by atoms with van der Waals surface area (Å²) in [6.45, 7) is 1.81. The van der Waals surface area contributed by atoms with Crippen LogP contribution in [-0.2, 0) is 0 Å². The van der Waals surface area contributed by atoms with Crippen LogP contribution >= 0.6 is 27.5 Å². The molecule has 0 aliphatic heterocycles. The summed E-state index contributed by atoms with van der Waals surface area (Å²) in [5.74, 6) is 0.00979. The van der Waals surface area contributed by atoms with Gasteiger partial charge in [0.1, 0.15) is 0 Å². The third-order valence-electron chi connectivity index (χ3n) is 2.43. The number of hydrogen-bond donors (Lipinski definition) is 2. The molecule has 7 heteroatoms. The number of amidine groups is 1. The van der Waals surface area contributed by atoms with Gasteiger partial charge in [-0.1, -0.05) is 32.7 Å². The minimum Gasteiger partial charge on any atom is -0.409 e. The van der Waals surface area contributed by atoms with Gasteiger partial charge in [-0.2, -0.15) is 5.10 Å². The summed E-state index contributed by atoms with van der Waals surface area (Å²) in [5, 5.41) is 16.6. The fourth-order valence-electron chi connectivity index (χ4n) is 1.53. The van der Waals surface area contributed by atoms with Gasteiger partial charge in [-0.05, 0) is 25.1 Å². The van der Waals surface area contributed by atoms with Crippen molar-refractivity contribution in [3.63, 3.8) is 0 Å². The van der Waals surface area contributed by atoms with E-state index in [2.05, 4.69) is 26.2 Å². The number of aryl methyl sites for hydroxylation is 1. The van der Waals surface area contributed by atoms with Gasteiger partial charge in [0.05, 0.1) is 16.4 Å². The van der Waals surface area contributed by atoms with E-state index in [1.807, 2.05) is 6.07 Å². The van der Waals surface area contributed by atoms with Gasteiger partial charge in [-0.3, -0.25) is 0 Å². The Labute approximate surface area is 117 Å². The lowest BCUT2D eigenvalue weighted by Crippen LogP contribution is -2.16. The van der Waals surface area contributed by atoms with Crippen molar-refractivity contribution in [2.24, 2.45) is 10.9 Å². The van der Waals surface area contributed by atoms with Crippen molar-refractivity contribution in [2.45, 2.75) is 6.92 Å². The first-order valence-electron chi connectivity index (χ1n) is 5.02. The third-order valence-corrected chi connectivity index (χ3v) is 3.29. The standard InChI is InChI=1S/C11H10BrClN4O/c1-6-9(13)5-17(15-6)10-3-2-7(12)4-8(10)11(14)16-18/h2-5,18H,1H3,(H2,14,16). The van der Waals surface area contributed by atoms with E-state index in [4.69, 9.17) is 22.5 Å². The van der Waals surface area contributed by atoms with Crippen molar-refractivity contribution >= 4 is 33.4 Å². The molecular formula is C11H10BrClN4O. The first-order chi connectivity index (χ1) is 8.52. The number of oxime groups is 1. The average molecular weight is 330 g/mol. The van der Waals surface area contributed by atoms with Gasteiger partial charge in [0.2, 0.25) is 0 Å². The van der Waals surface area contributed by atoms with Gasteiger partial charge in [0.25, 0.3) is 0 Å². The second kappa shape index (κ2) is 4.99. The van der Waals surface area contributed by atoms with E-state index in [1.54, 1.807) is 29.9 Å². The van der Waals surface area contributed by atoms with Crippen LogP contribution in [0.1, 0.15) is 11.3 Å². The molecule has 3 N–H and O–H groups in total. The molecule has 0 saturated carbocycles. The molecule has 0 amide bonds. The highest BCUT2D eigenvalue weighted by Crippen LogP contribution is 2.22. The summed E-state index contributed by atoms with van der Waals surface area (Å²) >= 11 is 9.31. The molecule has 0 radical (unpaired) electrons. The number of nitrogens with two attached hydrogens (primary N) is 1. The number of halogens is 2. The van der Waals surface area contributed by atoms with E-state index in [9.17, 15) is 0 Å². The Hall–Kier alpha value is -1.53. The summed E-state index contributed by atoms with van der Waals surface area (Å²) in [7, 11) is 0. The van der Waals surface area contributed by atoms with Crippen LogP contribution in [0.3, 0.4) is 0 Å². The van der Waals surface area contributed by atoms with Gasteiger partial charge in [-0.25, -0.2) is 4.68 Å². The van der Waals surface area contributed by atoms with Crippen molar-refractivity contribution < 1.29 is 5.21 Å². The molecule has 2 aromatic rings. The highest BCUT2D eigenvalue weighted by atomic mass is 79.9. The lowest BCUT2D eigenvalue weighted by Gasteiger charge is -2.08. The van der Waals surface area contributed by atoms with E-state index < -0.39 is 0 Å². The minimum atomic E-state index is 0.00979. The second-order valence-electron chi connectivity index (χ2n) is 3.65. The SMILES string of the molecule is Cc1nn(-c2ccc(Br)cc2/C(N)=N/O)cc1Cl. The predicted molar refractivity (Wildman–Crippen MR) is 73.5 cm³/mol. The van der Waals surface area contributed by atoms with E-state index in [0.29, 0.717) is 22.0 Å². The Morgan fingerprint density at radius 2 is 2.28 bits per heavy atom. The molecule has 0 atom stereocenters. The van der Waals surface area contributed by atoms with Crippen LogP contribution in [0.25, 0.3) is 5.69 Å². The first kappa shape index (κ1) is 12.9. The van der Waals surface area contributed by atoms with Crippen LogP contribution in [0.4, 0.5) is 0 Å². The van der Waals surface area contributed by atoms with Crippen LogP contribution < -0.4 is 5.73 Å². The Balaban J connectivity index is 2.63. The van der Waals surface area contributed by atoms with E-state index in [1.165, 1.54) is 0 Å². The van der Waals surface area contributed by atoms with Gasteiger partial charge in [0, 0.05) is 16.2 Å². The topological polar surface area (TPSA) is 76.4 Å². The molecule has 0 aliphatic carbocycles. The second-order valence-corrected chi connectivity index (χ2v) is 4.98. The molecule has 0 aliphatic rings. The monoisotopic (exact) mass is 328 g/mol. The Bertz CT molecular complexity index is 604. The van der Waals surface area contributed by atoms with Gasteiger partial charge < -0.3 is 10.9 Å². The van der Waals surface area contributed by atoms with Crippen LogP contribution in [-0.4, -0.2) is 20.8 Å². The fourth-order valence-corrected chi connectivity index (χ4v) is 2.02. The minimum absolute atomic E-state index is 0.00979. The molecule has 0 bridgehead atoms. The number of hydrogen-bond acceptors (Lipinski definition) is 3. The highest BCUT2D eigenvalue weighted by molar-refractivity contribution is 9.10. The van der Waals surface area contributed by atoms with Crippen molar-refractivity contribution in [1.29, 1.82) is 0 Å². The van der Waals surface area contributed by atoms with Crippen LogP contribution in [0.2, 0.25) is 5.02 Å². The van der Waals surface area contributed by atoms with Crippen LogP contribution in [0.5, 0.6) is 0 Å². The highest BCUT2D eigenvalue weighted by Gasteiger charge is 2.12. The maximum Gasteiger partial charge on any atom is 0.172 e. The number of aromatic nitrogens is 2. The van der Waals surface area contributed by atoms with Crippen molar-refractivity contribution in [3.8, 4) is 5.69 Å². The normalized spacial score (nSPS) is 11.8. The number of rotatable bonds is 2. The number of nitrogens with zero attached hydrogens (tertiary/aromatic N) is 3. The fraction of sp³-hybridized carbons (Fsp3) is 0.0909. The molecule has 94 valence electrons. The van der Waals surface area contributed by atoms with E-state index in [-0.39, 0.29) is 5.84 Å². The van der Waals surface area contributed by atoms with Gasteiger partial charge in [-0.15, -0.1) is 0 Å². The maximum absolute atomic E-state index is 8.80. The van der Waals surface area contributed by atoms with Gasteiger partial charge >= 0.3 is 0 Å². The molecule has 1 heterocycles. The first-order valence-corrected chi connectivity index (χ1v) is 6.19. The zero-order valence-corrected chi connectivity index (χ0v) is 11.8. The molecule has 18 heavy (non-hydrogen) atoms. The average Bonchev–Trinajstić information content (AvgIpc) is 2.68. The molecule has 0 saturated heterocycles. The zero-order chi connectivity index (χ0) is 13.3. The summed E-state index contributed by atoms with van der Waals surface area (Å²) in [4.78, 5) is 0. The van der Waals surface area contributed by atoms with Crippen LogP contribution in [0.15, 0.2) is 34.0 Å². The number of benzene rings is 1. The quantitative estimate of drug-likeness (QED) is 0.385. The Kier molecular flexibility index (Phi) is 3.58. The maximum atomic E-state index is 8.80. The Morgan fingerprint density at radius 3 is 2.83 bits per heavy atom. The molecular weight excluding hydrogens is 320 g/mol. The molecule has 2 rings (SSSR count). The van der Waals surface area contributed by atoms with Crippen molar-refractivity contribution in [3.05, 3.63) is 45.1 Å². The van der Waals surface area contributed by atoms with Crippen LogP contribution in [0, 0.1) is 6.92 Å². The molecule has 1 aromatic heterocycles. The molecule has 5 nitrogen and oxygen atoms in total. The zero-order valence-electron chi connectivity index (χ0n) is 9.43. The predicted octanol–water partition coefficient (Wildman–Crippen LogP) is 2.69.